The topological polar surface area (TPSA) is 81.2 Å². The second-order valence-corrected chi connectivity index (χ2v) is 7.99. The molecule has 1 unspecified atom stereocenters. The molecular weight excluding hydrogens is 455 g/mol. The zero-order valence-electron chi connectivity index (χ0n) is 12.6. The summed E-state index contributed by atoms with van der Waals surface area (Å²) in [5.41, 5.74) is 0. The minimum atomic E-state index is -1.50. The van der Waals surface area contributed by atoms with Gasteiger partial charge in [0.25, 0.3) is 5.09 Å². The number of thioether (sulfide) groups is 1. The van der Waals surface area contributed by atoms with Gasteiger partial charge in [-0.1, -0.05) is 64.9 Å². The number of hydrogen-bond acceptors (Lipinski definition) is 4. The summed E-state index contributed by atoms with van der Waals surface area (Å²) in [5.74, 6) is 0. The second kappa shape index (κ2) is 10.5. The monoisotopic (exact) mass is 465 g/mol. The molecule has 2 aromatic rings. The third kappa shape index (κ3) is 6.92. The number of rotatable bonds is 5. The lowest BCUT2D eigenvalue weighted by molar-refractivity contribution is -0.742. The van der Waals surface area contributed by atoms with Crippen LogP contribution in [0.4, 0.5) is 0 Å². The summed E-state index contributed by atoms with van der Waals surface area (Å²) in [6.45, 7) is 2.95. The maximum absolute atomic E-state index is 8.36. The van der Waals surface area contributed by atoms with Crippen molar-refractivity contribution < 1.29 is 10.3 Å². The molecule has 0 fully saturated rings. The summed E-state index contributed by atoms with van der Waals surface area (Å²) < 4.78 is 2.02. The molecule has 0 aliphatic heterocycles. The number of nitrogens with zero attached hydrogens (tertiary/aromatic N) is 3. The van der Waals surface area contributed by atoms with Crippen molar-refractivity contribution in [2.75, 3.05) is 0 Å². The largest absolute Gasteiger partial charge is 0.337 e. The van der Waals surface area contributed by atoms with Crippen molar-refractivity contribution in [3.05, 3.63) is 53.9 Å². The number of imidazole rings is 1. The molecule has 0 saturated heterocycles. The molecule has 6 nitrogen and oxygen atoms in total. The Balaban J connectivity index is 0.000000705. The molecule has 0 saturated carbocycles. The van der Waals surface area contributed by atoms with Crippen LogP contribution in [0.25, 0.3) is 0 Å². The van der Waals surface area contributed by atoms with Crippen LogP contribution in [0.2, 0.25) is 25.1 Å². The second-order valence-electron chi connectivity index (χ2n) is 4.65. The summed E-state index contributed by atoms with van der Waals surface area (Å²) >= 11 is 32.1. The Hall–Kier alpha value is -0.570. The van der Waals surface area contributed by atoms with E-state index in [1.54, 1.807) is 12.5 Å². The Morgan fingerprint density at radius 3 is 2.12 bits per heavy atom. The normalized spacial score (nSPS) is 11.6. The van der Waals surface area contributed by atoms with Gasteiger partial charge in [0.1, 0.15) is 0 Å². The van der Waals surface area contributed by atoms with Crippen molar-refractivity contribution in [2.45, 2.75) is 30.0 Å². The van der Waals surface area contributed by atoms with E-state index in [-0.39, 0.29) is 20.3 Å². The van der Waals surface area contributed by atoms with E-state index < -0.39 is 5.09 Å². The lowest BCUT2D eigenvalue weighted by atomic mass is 10.3. The van der Waals surface area contributed by atoms with Crippen LogP contribution in [0.1, 0.15) is 13.3 Å². The highest BCUT2D eigenvalue weighted by molar-refractivity contribution is 8.00. The van der Waals surface area contributed by atoms with Gasteiger partial charge in [-0.05, 0) is 6.42 Å². The van der Waals surface area contributed by atoms with E-state index in [2.05, 4.69) is 11.9 Å². The molecule has 138 valence electrons. The van der Waals surface area contributed by atoms with Gasteiger partial charge in [-0.25, -0.2) is 4.98 Å². The van der Waals surface area contributed by atoms with Crippen molar-refractivity contribution in [3.8, 4) is 0 Å². The minimum absolute atomic E-state index is 0.184. The van der Waals surface area contributed by atoms with Crippen LogP contribution in [-0.4, -0.2) is 25.1 Å². The quantitative estimate of drug-likeness (QED) is 0.182. The van der Waals surface area contributed by atoms with Gasteiger partial charge in [0.05, 0.1) is 31.4 Å². The zero-order chi connectivity index (χ0) is 19.1. The first-order valence-electron chi connectivity index (χ1n) is 6.62. The number of benzene rings is 1. The molecule has 1 N–H and O–H groups in total. The first-order chi connectivity index (χ1) is 11.6. The SMILES string of the molecule is CC(CCn1ccnc1)Sc1c(Cl)c(Cl)c(Cl)c(Cl)c1Cl.O=[N+]([O-])O. The van der Waals surface area contributed by atoms with E-state index in [9.17, 15) is 0 Å². The molecule has 0 aliphatic rings. The Labute approximate surface area is 173 Å². The molecule has 0 bridgehead atoms. The van der Waals surface area contributed by atoms with E-state index in [0.29, 0.717) is 14.9 Å². The van der Waals surface area contributed by atoms with Gasteiger partial charge in [0.15, 0.2) is 0 Å². The maximum atomic E-state index is 8.36. The van der Waals surface area contributed by atoms with Crippen molar-refractivity contribution in [1.82, 2.24) is 9.55 Å². The Morgan fingerprint density at radius 2 is 1.68 bits per heavy atom. The highest BCUT2D eigenvalue weighted by Gasteiger charge is 2.21. The Bertz CT molecular complexity index is 697. The fraction of sp³-hybridized carbons (Fsp3) is 0.308. The third-order valence-corrected chi connectivity index (χ3v) is 6.62. The van der Waals surface area contributed by atoms with Gasteiger partial charge in [0, 0.05) is 29.1 Å². The fourth-order valence-electron chi connectivity index (χ4n) is 1.70. The smallest absolute Gasteiger partial charge is 0.291 e. The molecule has 0 aliphatic carbocycles. The van der Waals surface area contributed by atoms with E-state index in [1.165, 1.54) is 11.8 Å². The fourth-order valence-corrected chi connectivity index (χ4v) is 4.25. The molecule has 0 amide bonds. The standard InChI is InChI=1S/C13H11Cl5N2S.HNO3/c1-7(2-4-20-5-3-19-6-20)21-13-11(17)9(15)8(14)10(16)12(13)18;2-1(3)4/h3,5-7H,2,4H2,1H3;(H,2,3,4). The highest BCUT2D eigenvalue weighted by Crippen LogP contribution is 2.48. The molecule has 1 aromatic heterocycles. The summed E-state index contributed by atoms with van der Waals surface area (Å²) in [4.78, 5) is 13.0. The molecule has 1 heterocycles. The number of halogens is 5. The minimum Gasteiger partial charge on any atom is -0.337 e. The number of aryl methyl sites for hydroxylation is 1. The lowest BCUT2D eigenvalue weighted by Crippen LogP contribution is -2.03. The van der Waals surface area contributed by atoms with Crippen LogP contribution in [-0.2, 0) is 6.54 Å². The van der Waals surface area contributed by atoms with E-state index in [4.69, 9.17) is 73.3 Å². The van der Waals surface area contributed by atoms with E-state index in [1.807, 2.05) is 10.8 Å². The van der Waals surface area contributed by atoms with Gasteiger partial charge in [-0.2, -0.15) is 0 Å². The summed E-state index contributed by atoms with van der Waals surface area (Å²) in [5, 5.41) is 15.2. The van der Waals surface area contributed by atoms with Crippen LogP contribution < -0.4 is 0 Å². The number of aromatic nitrogens is 2. The average Bonchev–Trinajstić information content (AvgIpc) is 3.06. The highest BCUT2D eigenvalue weighted by atomic mass is 35.5. The molecule has 12 heteroatoms. The van der Waals surface area contributed by atoms with Crippen LogP contribution >= 0.6 is 69.8 Å². The summed E-state index contributed by atoms with van der Waals surface area (Å²) in [6, 6.07) is 0. The molecule has 0 spiro atoms. The predicted molar refractivity (Wildman–Crippen MR) is 102 cm³/mol. The first-order valence-corrected chi connectivity index (χ1v) is 9.39. The van der Waals surface area contributed by atoms with Gasteiger partial charge in [-0.15, -0.1) is 21.9 Å². The summed E-state index contributed by atoms with van der Waals surface area (Å²) in [6.07, 6.45) is 6.39. The Morgan fingerprint density at radius 1 is 1.20 bits per heavy atom. The molecule has 2 rings (SSSR count). The first kappa shape index (κ1) is 22.5. The average molecular weight is 468 g/mol. The van der Waals surface area contributed by atoms with Crippen LogP contribution in [0.3, 0.4) is 0 Å². The van der Waals surface area contributed by atoms with Crippen LogP contribution in [0, 0.1) is 10.1 Å². The van der Waals surface area contributed by atoms with Gasteiger partial charge in [0.2, 0.25) is 0 Å². The van der Waals surface area contributed by atoms with Gasteiger partial charge in [-0.3, -0.25) is 0 Å². The van der Waals surface area contributed by atoms with E-state index >= 15 is 0 Å². The summed E-state index contributed by atoms with van der Waals surface area (Å²) in [7, 11) is 0. The van der Waals surface area contributed by atoms with Crippen molar-refractivity contribution in [2.24, 2.45) is 0 Å². The Kier molecular flexibility index (Phi) is 9.48. The number of hydrogen-bond donors (Lipinski definition) is 1. The van der Waals surface area contributed by atoms with Gasteiger partial charge >= 0.3 is 0 Å². The van der Waals surface area contributed by atoms with Crippen LogP contribution in [0.5, 0.6) is 0 Å². The molecule has 25 heavy (non-hydrogen) atoms. The molecule has 1 aromatic carbocycles. The van der Waals surface area contributed by atoms with Crippen molar-refractivity contribution >= 4 is 69.8 Å². The van der Waals surface area contributed by atoms with Crippen molar-refractivity contribution in [1.29, 1.82) is 0 Å². The molecular formula is C13H12Cl5N3O3S. The van der Waals surface area contributed by atoms with Crippen molar-refractivity contribution in [3.63, 3.8) is 0 Å². The third-order valence-electron chi connectivity index (χ3n) is 2.84. The molecule has 0 radical (unpaired) electrons. The maximum Gasteiger partial charge on any atom is 0.291 e. The molecule has 1 atom stereocenters. The zero-order valence-corrected chi connectivity index (χ0v) is 17.2. The van der Waals surface area contributed by atoms with Crippen LogP contribution in [0.15, 0.2) is 23.6 Å². The van der Waals surface area contributed by atoms with E-state index in [0.717, 1.165) is 13.0 Å². The van der Waals surface area contributed by atoms with Gasteiger partial charge < -0.3 is 9.77 Å². The lowest BCUT2D eigenvalue weighted by Gasteiger charge is -2.16. The predicted octanol–water partition coefficient (Wildman–Crippen LogP) is 6.37.